The van der Waals surface area contributed by atoms with Crippen molar-refractivity contribution in [2.75, 3.05) is 23.9 Å². The van der Waals surface area contributed by atoms with Crippen LogP contribution in [0.15, 0.2) is 50.1 Å². The van der Waals surface area contributed by atoms with Crippen molar-refractivity contribution in [2.24, 2.45) is 10.2 Å². The van der Waals surface area contributed by atoms with E-state index in [1.54, 1.807) is 38.9 Å². The molecule has 0 atom stereocenters. The zero-order chi connectivity index (χ0) is 27.2. The van der Waals surface area contributed by atoms with Crippen LogP contribution >= 0.6 is 23.2 Å². The number of imide groups is 1. The lowest BCUT2D eigenvalue weighted by Gasteiger charge is -2.14. The average Bonchev–Trinajstić information content (AvgIpc) is 3.08. The van der Waals surface area contributed by atoms with Crippen molar-refractivity contribution >= 4 is 57.8 Å². The first kappa shape index (κ1) is 26.1. The lowest BCUT2D eigenvalue weighted by Crippen LogP contribution is -2.38. The van der Waals surface area contributed by atoms with Gasteiger partial charge < -0.3 is 10.0 Å². The maximum Gasteiger partial charge on any atom is 0.333 e. The number of benzene rings is 2. The van der Waals surface area contributed by atoms with Gasteiger partial charge in [0.05, 0.1) is 16.8 Å². The van der Waals surface area contributed by atoms with Crippen LogP contribution in [0.3, 0.4) is 0 Å². The summed E-state index contributed by atoms with van der Waals surface area (Å²) < 4.78 is 1.90. The monoisotopic (exact) mass is 544 g/mol. The smallest absolute Gasteiger partial charge is 0.333 e. The molecule has 1 aliphatic heterocycles. The molecule has 0 saturated carbocycles. The Kier molecular flexibility index (Phi) is 6.94. The molecular formula is C24H22Cl2N6O5. The Morgan fingerprint density at radius 2 is 1.49 bits per heavy atom. The lowest BCUT2D eigenvalue weighted by molar-refractivity contribution is 0.0926. The summed E-state index contributed by atoms with van der Waals surface area (Å²) in [4.78, 5) is 54.7. The van der Waals surface area contributed by atoms with Crippen LogP contribution in [0.1, 0.15) is 34.6 Å². The van der Waals surface area contributed by atoms with Gasteiger partial charge in [0.1, 0.15) is 5.69 Å². The number of fused-ring (bicyclic) bond motifs is 1. The standard InChI is InChI=1S/C24H22Cl2N6O5/c1-5-30-22(35)19(23(36)31(6-2)24(30)37)28-27-17-11-14(29(3)4)10-16-18(17)21(34)32(20(16)33)15-8-12(25)7-13(26)9-15/h7-11,35H,5-6H2,1-4H3. The van der Waals surface area contributed by atoms with Crippen LogP contribution in [0.2, 0.25) is 10.0 Å². The minimum Gasteiger partial charge on any atom is -0.493 e. The number of amides is 2. The summed E-state index contributed by atoms with van der Waals surface area (Å²) in [5, 5.41) is 19.1. The number of hydrogen-bond donors (Lipinski definition) is 1. The second-order valence-corrected chi connectivity index (χ2v) is 9.18. The Bertz CT molecular complexity index is 1590. The number of nitrogens with zero attached hydrogens (tertiary/aromatic N) is 6. The van der Waals surface area contributed by atoms with E-state index in [4.69, 9.17) is 23.2 Å². The Labute approximate surface area is 220 Å². The van der Waals surface area contributed by atoms with Crippen molar-refractivity contribution in [1.82, 2.24) is 9.13 Å². The van der Waals surface area contributed by atoms with Gasteiger partial charge in [0, 0.05) is 42.9 Å². The van der Waals surface area contributed by atoms with Crippen molar-refractivity contribution in [3.8, 4) is 5.88 Å². The molecule has 4 rings (SSSR count). The molecule has 3 aromatic rings. The average molecular weight is 545 g/mol. The highest BCUT2D eigenvalue weighted by molar-refractivity contribution is 6.38. The summed E-state index contributed by atoms with van der Waals surface area (Å²) in [7, 11) is 3.47. The number of carbonyl (C=O) groups excluding carboxylic acids is 2. The van der Waals surface area contributed by atoms with Crippen molar-refractivity contribution < 1.29 is 14.7 Å². The quantitative estimate of drug-likeness (QED) is 0.362. The molecule has 192 valence electrons. The molecule has 0 unspecified atom stereocenters. The number of rotatable bonds is 6. The minimum atomic E-state index is -0.837. The molecular weight excluding hydrogens is 523 g/mol. The molecule has 13 heteroatoms. The van der Waals surface area contributed by atoms with Crippen LogP contribution in [0.5, 0.6) is 5.88 Å². The summed E-state index contributed by atoms with van der Waals surface area (Å²) in [6, 6.07) is 7.40. The van der Waals surface area contributed by atoms with Crippen molar-refractivity contribution in [1.29, 1.82) is 0 Å². The summed E-state index contributed by atoms with van der Waals surface area (Å²) in [6.45, 7) is 3.37. The molecule has 0 spiro atoms. The van der Waals surface area contributed by atoms with Gasteiger partial charge >= 0.3 is 5.69 Å². The van der Waals surface area contributed by atoms with E-state index in [9.17, 15) is 24.3 Å². The van der Waals surface area contributed by atoms with Crippen LogP contribution < -0.4 is 21.0 Å². The number of anilines is 2. The summed E-state index contributed by atoms with van der Waals surface area (Å²) in [5.74, 6) is -1.95. The van der Waals surface area contributed by atoms with Gasteiger partial charge in [-0.1, -0.05) is 23.2 Å². The zero-order valence-electron chi connectivity index (χ0n) is 20.3. The summed E-state index contributed by atoms with van der Waals surface area (Å²) in [5.41, 5.74) is -1.27. The van der Waals surface area contributed by atoms with E-state index in [0.29, 0.717) is 5.69 Å². The highest BCUT2D eigenvalue weighted by atomic mass is 35.5. The van der Waals surface area contributed by atoms with Gasteiger partial charge in [-0.3, -0.25) is 23.5 Å². The second kappa shape index (κ2) is 9.83. The van der Waals surface area contributed by atoms with Crippen LogP contribution in [0.25, 0.3) is 0 Å². The molecule has 0 saturated heterocycles. The molecule has 1 aliphatic rings. The molecule has 0 radical (unpaired) electrons. The normalized spacial score (nSPS) is 13.1. The first-order chi connectivity index (χ1) is 17.5. The SMILES string of the molecule is CCn1c(O)c(N=Nc2cc(N(C)C)cc3c2C(=O)N(c2cc(Cl)cc(Cl)c2)C3=O)c(=O)n(CC)c1=O. The van der Waals surface area contributed by atoms with Crippen molar-refractivity contribution in [3.05, 3.63) is 72.3 Å². The molecule has 1 N–H and O–H groups in total. The number of azo groups is 1. The number of hydrogen-bond acceptors (Lipinski definition) is 8. The molecule has 0 aliphatic carbocycles. The summed E-state index contributed by atoms with van der Waals surface area (Å²) >= 11 is 12.2. The third-order valence-corrected chi connectivity index (χ3v) is 6.28. The van der Waals surface area contributed by atoms with E-state index in [1.165, 1.54) is 24.3 Å². The Morgan fingerprint density at radius 1 is 0.865 bits per heavy atom. The molecule has 2 amide bonds. The minimum absolute atomic E-state index is 0.00808. The Hall–Kier alpha value is -3.96. The maximum absolute atomic E-state index is 13.5. The van der Waals surface area contributed by atoms with E-state index in [-0.39, 0.29) is 45.6 Å². The number of aromatic nitrogens is 2. The highest BCUT2D eigenvalue weighted by Crippen LogP contribution is 2.39. The molecule has 37 heavy (non-hydrogen) atoms. The van der Waals surface area contributed by atoms with E-state index in [2.05, 4.69) is 10.2 Å². The van der Waals surface area contributed by atoms with Crippen LogP contribution in [-0.2, 0) is 13.1 Å². The van der Waals surface area contributed by atoms with Crippen LogP contribution in [-0.4, -0.2) is 40.2 Å². The molecule has 2 aromatic carbocycles. The van der Waals surface area contributed by atoms with Crippen LogP contribution in [0.4, 0.5) is 22.7 Å². The van der Waals surface area contributed by atoms with E-state index in [0.717, 1.165) is 14.0 Å². The Balaban J connectivity index is 1.92. The molecule has 11 nitrogen and oxygen atoms in total. The predicted molar refractivity (Wildman–Crippen MR) is 141 cm³/mol. The molecule has 0 fully saturated rings. The number of halogens is 2. The fourth-order valence-corrected chi connectivity index (χ4v) is 4.51. The third kappa shape index (κ3) is 4.40. The first-order valence-corrected chi connectivity index (χ1v) is 11.9. The van der Waals surface area contributed by atoms with Gasteiger partial charge in [0.25, 0.3) is 17.4 Å². The predicted octanol–water partition coefficient (Wildman–Crippen LogP) is 4.34. The van der Waals surface area contributed by atoms with Crippen molar-refractivity contribution in [3.63, 3.8) is 0 Å². The van der Waals surface area contributed by atoms with Gasteiger partial charge in [0.2, 0.25) is 11.6 Å². The second-order valence-electron chi connectivity index (χ2n) is 8.30. The van der Waals surface area contributed by atoms with Gasteiger partial charge in [-0.25, -0.2) is 9.69 Å². The number of carbonyl (C=O) groups is 2. The molecule has 2 heterocycles. The zero-order valence-corrected chi connectivity index (χ0v) is 21.8. The molecule has 1 aromatic heterocycles. The highest BCUT2D eigenvalue weighted by Gasteiger charge is 2.40. The molecule has 0 bridgehead atoms. The largest absolute Gasteiger partial charge is 0.493 e. The third-order valence-electron chi connectivity index (χ3n) is 5.84. The van der Waals surface area contributed by atoms with E-state index < -0.39 is 34.6 Å². The Morgan fingerprint density at radius 3 is 2.05 bits per heavy atom. The van der Waals surface area contributed by atoms with Gasteiger partial charge in [0.15, 0.2) is 0 Å². The van der Waals surface area contributed by atoms with Crippen LogP contribution in [0, 0.1) is 0 Å². The first-order valence-electron chi connectivity index (χ1n) is 11.2. The van der Waals surface area contributed by atoms with E-state index in [1.807, 2.05) is 0 Å². The fourth-order valence-electron chi connectivity index (χ4n) is 4.00. The fraction of sp³-hybridized carbons (Fsp3) is 0.250. The number of aromatic hydroxyl groups is 1. The lowest BCUT2D eigenvalue weighted by atomic mass is 10.1. The topological polar surface area (TPSA) is 130 Å². The van der Waals surface area contributed by atoms with Gasteiger partial charge in [-0.2, -0.15) is 0 Å². The van der Waals surface area contributed by atoms with Gasteiger partial charge in [-0.05, 0) is 44.2 Å². The summed E-state index contributed by atoms with van der Waals surface area (Å²) in [6.07, 6.45) is 0. The maximum atomic E-state index is 13.5. The van der Waals surface area contributed by atoms with Gasteiger partial charge in [-0.15, -0.1) is 10.2 Å². The van der Waals surface area contributed by atoms with Crippen molar-refractivity contribution in [2.45, 2.75) is 26.9 Å². The van der Waals surface area contributed by atoms with E-state index >= 15 is 0 Å².